The van der Waals surface area contributed by atoms with Crippen molar-refractivity contribution >= 4 is 52.0 Å². The highest BCUT2D eigenvalue weighted by atomic mass is 35.5. The Hall–Kier alpha value is -2.52. The quantitative estimate of drug-likeness (QED) is 0.542. The predicted octanol–water partition coefficient (Wildman–Crippen LogP) is 3.93. The van der Waals surface area contributed by atoms with Crippen LogP contribution in [0.1, 0.15) is 20.4 Å². The number of amides is 2. The Bertz CT molecular complexity index is 1010. The van der Waals surface area contributed by atoms with Crippen molar-refractivity contribution in [2.24, 2.45) is 0 Å². The standard InChI is InChI=1S/C19H16Cl2N4O3S/c20-13-5-3-6-14(8-13)23-18(27)19-25-24-17(29-19)11-28-10-16(26)22-9-12-4-1-2-7-15(12)21/h1-8H,9-11H2,(H,22,26)(H,23,27). The van der Waals surface area contributed by atoms with Crippen molar-refractivity contribution in [2.75, 3.05) is 11.9 Å². The molecule has 0 aliphatic rings. The summed E-state index contributed by atoms with van der Waals surface area (Å²) in [4.78, 5) is 24.1. The van der Waals surface area contributed by atoms with Crippen molar-refractivity contribution in [3.63, 3.8) is 0 Å². The lowest BCUT2D eigenvalue weighted by Gasteiger charge is -2.06. The molecule has 0 radical (unpaired) electrons. The maximum absolute atomic E-state index is 12.2. The molecule has 150 valence electrons. The van der Waals surface area contributed by atoms with Crippen LogP contribution in [0.25, 0.3) is 0 Å². The summed E-state index contributed by atoms with van der Waals surface area (Å²) in [5.41, 5.74) is 1.38. The molecule has 29 heavy (non-hydrogen) atoms. The number of carbonyl (C=O) groups is 2. The molecular formula is C19H16Cl2N4O3S. The monoisotopic (exact) mass is 450 g/mol. The molecule has 3 rings (SSSR count). The third-order valence-corrected chi connectivity index (χ3v) is 5.14. The first-order chi connectivity index (χ1) is 14.0. The van der Waals surface area contributed by atoms with Crippen LogP contribution in [0, 0.1) is 0 Å². The fourth-order valence-electron chi connectivity index (χ4n) is 2.27. The Balaban J connectivity index is 1.42. The number of benzene rings is 2. The number of aromatic nitrogens is 2. The fourth-order valence-corrected chi connectivity index (χ4v) is 3.34. The smallest absolute Gasteiger partial charge is 0.286 e. The first kappa shape index (κ1) is 21.2. The van der Waals surface area contributed by atoms with Crippen LogP contribution in [-0.2, 0) is 22.7 Å². The Morgan fingerprint density at radius 1 is 1.07 bits per heavy atom. The maximum Gasteiger partial charge on any atom is 0.286 e. The SMILES string of the molecule is O=C(COCc1nnc(C(=O)Nc2cccc(Cl)c2)s1)NCc1ccccc1Cl. The summed E-state index contributed by atoms with van der Waals surface area (Å²) in [5.74, 6) is -0.679. The van der Waals surface area contributed by atoms with E-state index in [1.165, 1.54) is 0 Å². The molecule has 10 heteroatoms. The number of nitrogens with zero attached hydrogens (tertiary/aromatic N) is 2. The summed E-state index contributed by atoms with van der Waals surface area (Å²) in [6.07, 6.45) is 0. The number of carbonyl (C=O) groups excluding carboxylic acids is 2. The van der Waals surface area contributed by atoms with Gasteiger partial charge in [-0.3, -0.25) is 9.59 Å². The first-order valence-corrected chi connectivity index (χ1v) is 10.1. The highest BCUT2D eigenvalue weighted by molar-refractivity contribution is 7.13. The minimum absolute atomic E-state index is 0.0711. The maximum atomic E-state index is 12.2. The summed E-state index contributed by atoms with van der Waals surface area (Å²) < 4.78 is 5.34. The number of hydrogen-bond donors (Lipinski definition) is 2. The number of nitrogens with one attached hydrogen (secondary N) is 2. The fraction of sp³-hybridized carbons (Fsp3) is 0.158. The zero-order chi connectivity index (χ0) is 20.6. The molecule has 3 aromatic rings. The molecule has 2 aromatic carbocycles. The van der Waals surface area contributed by atoms with E-state index in [2.05, 4.69) is 20.8 Å². The van der Waals surface area contributed by atoms with Crippen molar-refractivity contribution in [1.82, 2.24) is 15.5 Å². The molecule has 1 aromatic heterocycles. The average molecular weight is 451 g/mol. The van der Waals surface area contributed by atoms with E-state index < -0.39 is 5.91 Å². The number of anilines is 1. The van der Waals surface area contributed by atoms with Gasteiger partial charge in [0.2, 0.25) is 10.9 Å². The van der Waals surface area contributed by atoms with Gasteiger partial charge in [-0.25, -0.2) is 0 Å². The van der Waals surface area contributed by atoms with Gasteiger partial charge >= 0.3 is 0 Å². The molecule has 0 aliphatic heterocycles. The number of ether oxygens (including phenoxy) is 1. The van der Waals surface area contributed by atoms with E-state index in [0.717, 1.165) is 16.9 Å². The molecule has 2 amide bonds. The molecule has 0 aliphatic carbocycles. The van der Waals surface area contributed by atoms with E-state index in [4.69, 9.17) is 27.9 Å². The van der Waals surface area contributed by atoms with Crippen molar-refractivity contribution < 1.29 is 14.3 Å². The van der Waals surface area contributed by atoms with Crippen LogP contribution >= 0.6 is 34.5 Å². The van der Waals surface area contributed by atoms with Gasteiger partial charge in [0.05, 0.1) is 0 Å². The molecule has 1 heterocycles. The van der Waals surface area contributed by atoms with Gasteiger partial charge in [-0.2, -0.15) is 0 Å². The van der Waals surface area contributed by atoms with E-state index in [1.54, 1.807) is 30.3 Å². The van der Waals surface area contributed by atoms with E-state index in [1.807, 2.05) is 18.2 Å². The summed E-state index contributed by atoms with van der Waals surface area (Å²) in [6, 6.07) is 14.1. The number of rotatable bonds is 8. The molecule has 7 nitrogen and oxygen atoms in total. The van der Waals surface area contributed by atoms with Crippen LogP contribution in [-0.4, -0.2) is 28.6 Å². The van der Waals surface area contributed by atoms with Crippen LogP contribution in [0.15, 0.2) is 48.5 Å². The third-order valence-electron chi connectivity index (χ3n) is 3.64. The van der Waals surface area contributed by atoms with Gasteiger partial charge in [-0.15, -0.1) is 10.2 Å². The summed E-state index contributed by atoms with van der Waals surface area (Å²) in [7, 11) is 0. The second-order valence-electron chi connectivity index (χ2n) is 5.83. The van der Waals surface area contributed by atoms with Crippen LogP contribution in [0.5, 0.6) is 0 Å². The molecule has 0 saturated heterocycles. The lowest BCUT2D eigenvalue weighted by Crippen LogP contribution is -2.27. The van der Waals surface area contributed by atoms with Gasteiger partial charge in [0, 0.05) is 22.3 Å². The van der Waals surface area contributed by atoms with Gasteiger partial charge < -0.3 is 15.4 Å². The lowest BCUT2D eigenvalue weighted by molar-refractivity contribution is -0.126. The molecule has 0 saturated carbocycles. The molecule has 2 N–H and O–H groups in total. The topological polar surface area (TPSA) is 93.2 Å². The lowest BCUT2D eigenvalue weighted by atomic mass is 10.2. The second kappa shape index (κ2) is 10.3. The Morgan fingerprint density at radius 2 is 1.90 bits per heavy atom. The highest BCUT2D eigenvalue weighted by Crippen LogP contribution is 2.18. The van der Waals surface area contributed by atoms with Crippen LogP contribution < -0.4 is 10.6 Å². The van der Waals surface area contributed by atoms with E-state index in [-0.39, 0.29) is 24.1 Å². The molecular weight excluding hydrogens is 435 g/mol. The van der Waals surface area contributed by atoms with Crippen molar-refractivity contribution in [2.45, 2.75) is 13.2 Å². The van der Waals surface area contributed by atoms with Gasteiger partial charge in [0.1, 0.15) is 18.2 Å². The van der Waals surface area contributed by atoms with Gasteiger partial charge in [-0.05, 0) is 29.8 Å². The van der Waals surface area contributed by atoms with Crippen LogP contribution in [0.3, 0.4) is 0 Å². The minimum Gasteiger partial charge on any atom is -0.364 e. The molecule has 0 bridgehead atoms. The first-order valence-electron chi connectivity index (χ1n) is 8.48. The van der Waals surface area contributed by atoms with Gasteiger partial charge in [0.15, 0.2) is 0 Å². The normalized spacial score (nSPS) is 10.6. The molecule has 0 atom stereocenters. The molecule has 0 unspecified atom stereocenters. The number of halogens is 2. The minimum atomic E-state index is -0.395. The van der Waals surface area contributed by atoms with Crippen molar-refractivity contribution in [3.05, 3.63) is 74.2 Å². The predicted molar refractivity (Wildman–Crippen MR) is 112 cm³/mol. The highest BCUT2D eigenvalue weighted by Gasteiger charge is 2.14. The molecule has 0 spiro atoms. The second-order valence-corrected chi connectivity index (χ2v) is 7.73. The van der Waals surface area contributed by atoms with Crippen LogP contribution in [0.4, 0.5) is 5.69 Å². The van der Waals surface area contributed by atoms with E-state index in [9.17, 15) is 9.59 Å². The van der Waals surface area contributed by atoms with E-state index >= 15 is 0 Å². The summed E-state index contributed by atoms with van der Waals surface area (Å²) in [5, 5.41) is 14.9. The zero-order valence-electron chi connectivity index (χ0n) is 15.0. The van der Waals surface area contributed by atoms with Crippen LogP contribution in [0.2, 0.25) is 10.0 Å². The molecule has 0 fully saturated rings. The average Bonchev–Trinajstić information content (AvgIpc) is 3.16. The largest absolute Gasteiger partial charge is 0.364 e. The Kier molecular flexibility index (Phi) is 7.54. The Labute approximate surface area is 181 Å². The van der Waals surface area contributed by atoms with Gasteiger partial charge in [-0.1, -0.05) is 58.8 Å². The Morgan fingerprint density at radius 3 is 2.69 bits per heavy atom. The van der Waals surface area contributed by atoms with Crippen molar-refractivity contribution in [3.8, 4) is 0 Å². The number of hydrogen-bond acceptors (Lipinski definition) is 6. The zero-order valence-corrected chi connectivity index (χ0v) is 17.4. The van der Waals surface area contributed by atoms with E-state index in [0.29, 0.717) is 27.3 Å². The van der Waals surface area contributed by atoms with Gasteiger partial charge in [0.25, 0.3) is 5.91 Å². The summed E-state index contributed by atoms with van der Waals surface area (Å²) in [6.45, 7) is 0.240. The summed E-state index contributed by atoms with van der Waals surface area (Å²) >= 11 is 13.0. The third kappa shape index (κ3) is 6.50. The van der Waals surface area contributed by atoms with Crippen molar-refractivity contribution in [1.29, 1.82) is 0 Å².